The lowest BCUT2D eigenvalue weighted by Crippen LogP contribution is -2.26. The Morgan fingerprint density at radius 2 is 1.39 bits per heavy atom. The predicted molar refractivity (Wildman–Crippen MR) is 110 cm³/mol. The molecule has 0 radical (unpaired) electrons. The first kappa shape index (κ1) is 21.9. The molecule has 166 valence electrons. The quantitative estimate of drug-likeness (QED) is 0.466. The van der Waals surface area contributed by atoms with Gasteiger partial charge in [-0.1, -0.05) is 48.5 Å². The van der Waals surface area contributed by atoms with Crippen molar-refractivity contribution in [3.05, 3.63) is 100 Å². The molecule has 9 heteroatoms. The van der Waals surface area contributed by atoms with Crippen LogP contribution in [0.25, 0.3) is 0 Å². The maximum Gasteiger partial charge on any atom is 0.417 e. The van der Waals surface area contributed by atoms with E-state index in [0.717, 1.165) is 18.2 Å². The van der Waals surface area contributed by atoms with Crippen LogP contribution in [0.2, 0.25) is 0 Å². The first-order valence-corrected chi connectivity index (χ1v) is 9.63. The molecule has 0 atom stereocenters. The molecule has 0 saturated heterocycles. The molecule has 0 bridgehead atoms. The molecule has 4 rings (SSSR count). The van der Waals surface area contributed by atoms with Gasteiger partial charge in [0.05, 0.1) is 22.4 Å². The van der Waals surface area contributed by atoms with Crippen molar-refractivity contribution in [2.45, 2.75) is 6.18 Å². The summed E-state index contributed by atoms with van der Waals surface area (Å²) in [5, 5.41) is 2.39. The minimum Gasteiger partial charge on any atom is -0.452 e. The second-order valence-electron chi connectivity index (χ2n) is 7.10. The van der Waals surface area contributed by atoms with Crippen LogP contribution in [-0.4, -0.2) is 30.0 Å². The van der Waals surface area contributed by atoms with Crippen LogP contribution in [0.4, 0.5) is 18.9 Å². The van der Waals surface area contributed by atoms with E-state index in [2.05, 4.69) is 5.32 Å². The normalized spacial score (nSPS) is 12.6. The van der Waals surface area contributed by atoms with Crippen LogP contribution < -0.4 is 5.32 Å². The number of anilines is 1. The Morgan fingerprint density at radius 1 is 0.788 bits per heavy atom. The molecule has 1 amide bonds. The van der Waals surface area contributed by atoms with Crippen LogP contribution >= 0.6 is 0 Å². The minimum absolute atomic E-state index is 0.0108. The van der Waals surface area contributed by atoms with E-state index in [9.17, 15) is 32.3 Å². The first-order chi connectivity index (χ1) is 15.7. The SMILES string of the molecule is O=C(COC(=O)c1ccccc1C(F)(F)F)Nc1cccc2c1C(=O)c1ccccc1C2=O. The van der Waals surface area contributed by atoms with E-state index < -0.39 is 41.6 Å². The zero-order chi connectivity index (χ0) is 23.8. The summed E-state index contributed by atoms with van der Waals surface area (Å²) in [6, 6.07) is 14.6. The number of carbonyl (C=O) groups is 4. The number of nitrogens with one attached hydrogen (secondary N) is 1. The minimum atomic E-state index is -4.77. The fourth-order valence-electron chi connectivity index (χ4n) is 3.55. The molecular weight excluding hydrogens is 439 g/mol. The summed E-state index contributed by atoms with van der Waals surface area (Å²) in [5.41, 5.74) is -1.36. The fourth-order valence-corrected chi connectivity index (χ4v) is 3.55. The number of hydrogen-bond acceptors (Lipinski definition) is 5. The van der Waals surface area contributed by atoms with Gasteiger partial charge in [0.2, 0.25) is 0 Å². The van der Waals surface area contributed by atoms with Gasteiger partial charge in [-0.3, -0.25) is 14.4 Å². The number of carbonyl (C=O) groups excluding carboxylic acids is 4. The Bertz CT molecular complexity index is 1310. The van der Waals surface area contributed by atoms with E-state index in [1.807, 2.05) is 0 Å². The van der Waals surface area contributed by atoms with Gasteiger partial charge >= 0.3 is 12.1 Å². The average molecular weight is 453 g/mol. The number of ether oxygens (including phenoxy) is 1. The number of alkyl halides is 3. The topological polar surface area (TPSA) is 89.5 Å². The van der Waals surface area contributed by atoms with E-state index in [1.54, 1.807) is 12.1 Å². The third-order valence-corrected chi connectivity index (χ3v) is 5.01. The van der Waals surface area contributed by atoms with Crippen LogP contribution in [0.5, 0.6) is 0 Å². The number of fused-ring (bicyclic) bond motifs is 2. The van der Waals surface area contributed by atoms with Crippen molar-refractivity contribution in [3.63, 3.8) is 0 Å². The molecule has 1 aliphatic rings. The number of ketones is 2. The summed E-state index contributed by atoms with van der Waals surface area (Å²) in [4.78, 5) is 50.2. The second kappa shape index (κ2) is 8.34. The highest BCUT2D eigenvalue weighted by Crippen LogP contribution is 2.33. The molecule has 6 nitrogen and oxygen atoms in total. The zero-order valence-corrected chi connectivity index (χ0v) is 16.7. The fraction of sp³-hybridized carbons (Fsp3) is 0.0833. The van der Waals surface area contributed by atoms with E-state index in [1.165, 1.54) is 36.4 Å². The molecule has 0 aromatic heterocycles. The number of hydrogen-bond donors (Lipinski definition) is 1. The monoisotopic (exact) mass is 453 g/mol. The van der Waals surface area contributed by atoms with Crippen LogP contribution in [-0.2, 0) is 15.7 Å². The molecule has 33 heavy (non-hydrogen) atoms. The Labute approximate surface area is 185 Å². The summed E-state index contributed by atoms with van der Waals surface area (Å²) in [7, 11) is 0. The van der Waals surface area contributed by atoms with Gasteiger partial charge in [0.1, 0.15) is 0 Å². The van der Waals surface area contributed by atoms with E-state index in [0.29, 0.717) is 0 Å². The van der Waals surface area contributed by atoms with Crippen molar-refractivity contribution < 1.29 is 37.1 Å². The number of esters is 1. The highest BCUT2D eigenvalue weighted by molar-refractivity contribution is 6.30. The molecule has 0 unspecified atom stereocenters. The Kier molecular flexibility index (Phi) is 5.55. The first-order valence-electron chi connectivity index (χ1n) is 9.63. The van der Waals surface area contributed by atoms with Crippen molar-refractivity contribution in [1.29, 1.82) is 0 Å². The van der Waals surface area contributed by atoms with Crippen molar-refractivity contribution in [2.75, 3.05) is 11.9 Å². The van der Waals surface area contributed by atoms with Crippen LogP contribution in [0.15, 0.2) is 66.7 Å². The second-order valence-corrected chi connectivity index (χ2v) is 7.10. The van der Waals surface area contributed by atoms with Crippen LogP contribution in [0, 0.1) is 0 Å². The summed E-state index contributed by atoms with van der Waals surface area (Å²) in [5.74, 6) is -3.06. The van der Waals surface area contributed by atoms with Crippen molar-refractivity contribution in [3.8, 4) is 0 Å². The molecule has 3 aromatic carbocycles. The standard InChI is InChI=1S/C24H14F3NO5/c25-24(26,27)17-10-4-3-8-15(17)23(32)33-12-19(29)28-18-11-5-9-16-20(18)22(31)14-7-2-1-6-13(14)21(16)30/h1-11H,12H2,(H,28,29). The molecule has 1 N–H and O–H groups in total. The lowest BCUT2D eigenvalue weighted by molar-refractivity contribution is -0.138. The molecule has 3 aromatic rings. The lowest BCUT2D eigenvalue weighted by atomic mass is 9.83. The molecule has 0 heterocycles. The van der Waals surface area contributed by atoms with Gasteiger partial charge in [-0.2, -0.15) is 13.2 Å². The third kappa shape index (κ3) is 4.12. The maximum absolute atomic E-state index is 13.1. The average Bonchev–Trinajstić information content (AvgIpc) is 2.80. The van der Waals surface area contributed by atoms with Gasteiger partial charge in [-0.05, 0) is 18.2 Å². The zero-order valence-electron chi connectivity index (χ0n) is 16.7. The number of benzene rings is 3. The third-order valence-electron chi connectivity index (χ3n) is 5.01. The maximum atomic E-state index is 13.1. The summed E-state index contributed by atoms with van der Waals surface area (Å²) in [6.07, 6.45) is -4.77. The molecule has 0 saturated carbocycles. The predicted octanol–water partition coefficient (Wildman–Crippen LogP) is 4.28. The molecule has 0 aliphatic heterocycles. The molecule has 0 fully saturated rings. The Morgan fingerprint density at radius 3 is 2.09 bits per heavy atom. The highest BCUT2D eigenvalue weighted by atomic mass is 19.4. The van der Waals surface area contributed by atoms with Gasteiger partial charge in [-0.15, -0.1) is 0 Å². The molecular formula is C24H14F3NO5. The van der Waals surface area contributed by atoms with Gasteiger partial charge < -0.3 is 10.1 Å². The van der Waals surface area contributed by atoms with E-state index in [4.69, 9.17) is 4.74 Å². The molecule has 1 aliphatic carbocycles. The molecule has 0 spiro atoms. The largest absolute Gasteiger partial charge is 0.452 e. The summed E-state index contributed by atoms with van der Waals surface area (Å²) in [6.45, 7) is -0.895. The van der Waals surface area contributed by atoms with E-state index >= 15 is 0 Å². The van der Waals surface area contributed by atoms with Gasteiger partial charge in [0.15, 0.2) is 18.2 Å². The Balaban J connectivity index is 1.52. The Hall–Kier alpha value is -4.27. The van der Waals surface area contributed by atoms with E-state index in [-0.39, 0.29) is 33.7 Å². The van der Waals surface area contributed by atoms with Crippen LogP contribution in [0.3, 0.4) is 0 Å². The van der Waals surface area contributed by atoms with Gasteiger partial charge in [0, 0.05) is 16.7 Å². The number of amides is 1. The smallest absolute Gasteiger partial charge is 0.417 e. The number of rotatable bonds is 4. The summed E-state index contributed by atoms with van der Waals surface area (Å²) >= 11 is 0. The van der Waals surface area contributed by atoms with Crippen molar-refractivity contribution >= 4 is 29.1 Å². The lowest BCUT2D eigenvalue weighted by Gasteiger charge is -2.20. The summed E-state index contributed by atoms with van der Waals surface area (Å²) < 4.78 is 44.0. The van der Waals surface area contributed by atoms with Gasteiger partial charge in [0.25, 0.3) is 5.91 Å². The highest BCUT2D eigenvalue weighted by Gasteiger charge is 2.35. The van der Waals surface area contributed by atoms with Gasteiger partial charge in [-0.25, -0.2) is 4.79 Å². The van der Waals surface area contributed by atoms with Crippen molar-refractivity contribution in [1.82, 2.24) is 0 Å². The number of halogens is 3. The van der Waals surface area contributed by atoms with Crippen molar-refractivity contribution in [2.24, 2.45) is 0 Å². The van der Waals surface area contributed by atoms with Crippen LogP contribution in [0.1, 0.15) is 47.8 Å².